The number of nitrogens with zero attached hydrogens (tertiary/aromatic N) is 3. The van der Waals surface area contributed by atoms with Gasteiger partial charge in [-0.05, 0) is 38.8 Å². The number of hydrogen-bond donors (Lipinski definition) is 1. The maximum atomic E-state index is 13.3. The lowest BCUT2D eigenvalue weighted by Crippen LogP contribution is -2.34. The first kappa shape index (κ1) is 24.6. The highest BCUT2D eigenvalue weighted by Gasteiger charge is 2.38. The summed E-state index contributed by atoms with van der Waals surface area (Å²) < 4.78 is 17.5. The Morgan fingerprint density at radius 2 is 1.83 bits per heavy atom. The number of hydrogen-bond acceptors (Lipinski definition) is 10. The zero-order valence-electron chi connectivity index (χ0n) is 20.2. The zero-order chi connectivity index (χ0) is 25.2. The number of furan rings is 1. The van der Waals surface area contributed by atoms with E-state index < -0.39 is 11.4 Å². The van der Waals surface area contributed by atoms with Gasteiger partial charge in [0.15, 0.2) is 12.4 Å². The van der Waals surface area contributed by atoms with Gasteiger partial charge in [0.2, 0.25) is 5.71 Å². The molecule has 4 aromatic rings. The molecule has 0 atom stereocenters. The number of carbonyl (C=O) groups excluding carboxylic acids is 2. The highest BCUT2D eigenvalue weighted by molar-refractivity contribution is 7.18. The number of nitrogens with two attached hydrogens (primary N) is 1. The van der Waals surface area contributed by atoms with Gasteiger partial charge in [-0.3, -0.25) is 4.79 Å². The molecule has 0 amide bonds. The molecule has 2 N–H and O–H groups in total. The molecule has 0 radical (unpaired) electrons. The zero-order valence-corrected chi connectivity index (χ0v) is 21.0. The largest absolute Gasteiger partial charge is 0.462 e. The van der Waals surface area contributed by atoms with Crippen molar-refractivity contribution in [2.24, 2.45) is 5.41 Å². The monoisotopic (exact) mass is 496 g/mol. The van der Waals surface area contributed by atoms with Crippen molar-refractivity contribution in [2.45, 2.75) is 53.6 Å². The summed E-state index contributed by atoms with van der Waals surface area (Å²) in [5.74, 6) is -0.308. The van der Waals surface area contributed by atoms with E-state index in [9.17, 15) is 9.59 Å². The van der Waals surface area contributed by atoms with E-state index in [4.69, 9.17) is 24.6 Å². The minimum Gasteiger partial charge on any atom is -0.462 e. The number of carbonyl (C=O) groups is 2. The molecule has 0 saturated heterocycles. The summed E-state index contributed by atoms with van der Waals surface area (Å²) in [5, 5.41) is 1.19. The van der Waals surface area contributed by atoms with E-state index in [-0.39, 0.29) is 42.1 Å². The molecule has 0 saturated carbocycles. The predicted molar refractivity (Wildman–Crippen MR) is 133 cm³/mol. The molecule has 0 spiro atoms. The second-order valence-corrected chi connectivity index (χ2v) is 9.39. The molecule has 1 aromatic carbocycles. The molecule has 0 aliphatic carbocycles. The summed E-state index contributed by atoms with van der Waals surface area (Å²) in [6.45, 7) is 7.34. The summed E-state index contributed by atoms with van der Waals surface area (Å²) >= 11 is 1.59. The van der Waals surface area contributed by atoms with Crippen LogP contribution < -0.4 is 5.73 Å². The lowest BCUT2D eigenvalue weighted by atomic mass is 9.79. The van der Waals surface area contributed by atoms with E-state index in [1.807, 2.05) is 38.1 Å². The molecular weight excluding hydrogens is 468 g/mol. The quantitative estimate of drug-likeness (QED) is 0.318. The maximum absolute atomic E-state index is 13.3. The van der Waals surface area contributed by atoms with Crippen molar-refractivity contribution in [3.05, 3.63) is 46.4 Å². The molecule has 35 heavy (non-hydrogen) atoms. The predicted octanol–water partition coefficient (Wildman–Crippen LogP) is 4.99. The standard InChI is InChI=1S/C25H28N4O5S/c1-5-25(6-2,12-18-27-15-10-8-9-11-16(15)35-18)24(31)33-13-17-28-21(26)20-19(23(30)32-7-3)14(4)34-22(20)29-17/h8-11H,5-7,12-13H2,1-4H3,(H2,26,28,29). The minimum atomic E-state index is -0.720. The Morgan fingerprint density at radius 3 is 2.51 bits per heavy atom. The highest BCUT2D eigenvalue weighted by atomic mass is 32.1. The third-order valence-corrected chi connectivity index (χ3v) is 7.26. The average Bonchev–Trinajstić information content (AvgIpc) is 3.40. The summed E-state index contributed by atoms with van der Waals surface area (Å²) in [7, 11) is 0. The van der Waals surface area contributed by atoms with E-state index in [1.54, 1.807) is 25.2 Å². The van der Waals surface area contributed by atoms with Crippen LogP contribution in [-0.2, 0) is 27.3 Å². The number of benzene rings is 1. The van der Waals surface area contributed by atoms with Crippen molar-refractivity contribution < 1.29 is 23.5 Å². The van der Waals surface area contributed by atoms with Crippen molar-refractivity contribution in [2.75, 3.05) is 12.3 Å². The molecule has 9 nitrogen and oxygen atoms in total. The van der Waals surface area contributed by atoms with Gasteiger partial charge in [-0.15, -0.1) is 11.3 Å². The number of para-hydroxylation sites is 1. The van der Waals surface area contributed by atoms with Gasteiger partial charge in [0.05, 0.1) is 32.6 Å². The van der Waals surface area contributed by atoms with Crippen molar-refractivity contribution in [1.82, 2.24) is 15.0 Å². The molecule has 0 aliphatic rings. The van der Waals surface area contributed by atoms with Crippen LogP contribution in [0.2, 0.25) is 0 Å². The molecule has 0 bridgehead atoms. The minimum absolute atomic E-state index is 0.0627. The summed E-state index contributed by atoms with van der Waals surface area (Å²) in [5.41, 5.74) is 6.68. The number of thiazole rings is 1. The van der Waals surface area contributed by atoms with E-state index in [1.165, 1.54) is 0 Å². The SMILES string of the molecule is CCOC(=O)c1c(C)oc2nc(COC(=O)C(CC)(CC)Cc3nc4ccccc4s3)nc(N)c12. The van der Waals surface area contributed by atoms with Gasteiger partial charge in [-0.25, -0.2) is 14.8 Å². The Labute approximate surface area is 206 Å². The topological polar surface area (TPSA) is 130 Å². The smallest absolute Gasteiger partial charge is 0.342 e. The molecule has 0 aliphatic heterocycles. The third kappa shape index (κ3) is 4.70. The van der Waals surface area contributed by atoms with Gasteiger partial charge in [0, 0.05) is 6.42 Å². The Morgan fingerprint density at radius 1 is 1.09 bits per heavy atom. The van der Waals surface area contributed by atoms with Gasteiger partial charge >= 0.3 is 11.9 Å². The van der Waals surface area contributed by atoms with Crippen molar-refractivity contribution >= 4 is 50.4 Å². The Bertz CT molecular complexity index is 1360. The van der Waals surface area contributed by atoms with E-state index >= 15 is 0 Å². The second-order valence-electron chi connectivity index (χ2n) is 8.27. The number of fused-ring (bicyclic) bond motifs is 2. The Hall–Kier alpha value is -3.53. The number of nitrogen functional groups attached to an aromatic ring is 1. The van der Waals surface area contributed by atoms with Crippen LogP contribution in [0.5, 0.6) is 0 Å². The normalized spacial score (nSPS) is 11.8. The third-order valence-electron chi connectivity index (χ3n) is 6.23. The lowest BCUT2D eigenvalue weighted by molar-refractivity contribution is -0.158. The van der Waals surface area contributed by atoms with Crippen LogP contribution in [0.15, 0.2) is 28.7 Å². The maximum Gasteiger partial charge on any atom is 0.342 e. The Kier molecular flexibility index (Phi) is 7.02. The first-order valence-electron chi connectivity index (χ1n) is 11.6. The molecule has 3 aromatic heterocycles. The summed E-state index contributed by atoms with van der Waals surface area (Å²) in [6, 6.07) is 7.92. The summed E-state index contributed by atoms with van der Waals surface area (Å²) in [6.07, 6.45) is 1.68. The van der Waals surface area contributed by atoms with Crippen molar-refractivity contribution in [1.29, 1.82) is 0 Å². The van der Waals surface area contributed by atoms with Crippen LogP contribution in [0.3, 0.4) is 0 Å². The highest BCUT2D eigenvalue weighted by Crippen LogP contribution is 2.36. The van der Waals surface area contributed by atoms with Gasteiger partial charge in [-0.1, -0.05) is 26.0 Å². The van der Waals surface area contributed by atoms with E-state index in [0.717, 1.165) is 15.2 Å². The summed E-state index contributed by atoms with van der Waals surface area (Å²) in [4.78, 5) is 38.9. The fraction of sp³-hybridized carbons (Fsp3) is 0.400. The number of aromatic nitrogens is 3. The van der Waals surface area contributed by atoms with Gasteiger partial charge < -0.3 is 19.6 Å². The number of esters is 2. The first-order valence-corrected chi connectivity index (χ1v) is 12.4. The number of rotatable bonds is 9. The molecule has 0 unspecified atom stereocenters. The van der Waals surface area contributed by atoms with E-state index in [0.29, 0.717) is 30.4 Å². The van der Waals surface area contributed by atoms with Crippen LogP contribution in [0.1, 0.15) is 60.6 Å². The van der Waals surface area contributed by atoms with Gasteiger partial charge in [-0.2, -0.15) is 4.98 Å². The first-order chi connectivity index (χ1) is 16.8. The van der Waals surface area contributed by atoms with Crippen LogP contribution >= 0.6 is 11.3 Å². The van der Waals surface area contributed by atoms with Gasteiger partial charge in [0.25, 0.3) is 0 Å². The van der Waals surface area contributed by atoms with Gasteiger partial charge in [0.1, 0.15) is 17.1 Å². The van der Waals surface area contributed by atoms with Crippen LogP contribution in [0.4, 0.5) is 5.82 Å². The fourth-order valence-corrected chi connectivity index (χ4v) is 5.24. The van der Waals surface area contributed by atoms with Crippen molar-refractivity contribution in [3.8, 4) is 0 Å². The average molecular weight is 497 g/mol. The van der Waals surface area contributed by atoms with Crippen LogP contribution in [-0.4, -0.2) is 33.5 Å². The fourth-order valence-electron chi connectivity index (χ4n) is 4.13. The lowest BCUT2D eigenvalue weighted by Gasteiger charge is -2.28. The second kappa shape index (κ2) is 9.99. The molecule has 3 heterocycles. The molecule has 4 rings (SSSR count). The van der Waals surface area contributed by atoms with Crippen LogP contribution in [0.25, 0.3) is 21.3 Å². The number of ether oxygens (including phenoxy) is 2. The Balaban J connectivity index is 1.54. The molecular formula is C25H28N4O5S. The van der Waals surface area contributed by atoms with Crippen LogP contribution in [0, 0.1) is 12.3 Å². The molecule has 10 heteroatoms. The van der Waals surface area contributed by atoms with Crippen molar-refractivity contribution in [3.63, 3.8) is 0 Å². The molecule has 184 valence electrons. The number of aryl methyl sites for hydroxylation is 1. The molecule has 0 fully saturated rings. The number of anilines is 1. The van der Waals surface area contributed by atoms with E-state index in [2.05, 4.69) is 9.97 Å².